The van der Waals surface area contributed by atoms with E-state index in [0.717, 1.165) is 31.6 Å². The number of nitrogens with two attached hydrogens (primary N) is 1. The van der Waals surface area contributed by atoms with Gasteiger partial charge in [-0.2, -0.15) is 4.31 Å². The van der Waals surface area contributed by atoms with E-state index in [0.29, 0.717) is 41.5 Å². The fraction of sp³-hybridized carbons (Fsp3) is 0.500. The van der Waals surface area contributed by atoms with Crippen molar-refractivity contribution in [1.82, 2.24) is 14.5 Å². The molecular weight excluding hydrogens is 460 g/mol. The minimum absolute atomic E-state index is 0.120. The van der Waals surface area contributed by atoms with Gasteiger partial charge in [-0.05, 0) is 31.0 Å². The van der Waals surface area contributed by atoms with Crippen LogP contribution in [-0.4, -0.2) is 74.0 Å². The zero-order valence-corrected chi connectivity index (χ0v) is 19.3. The molecular formula is C18H24N6O4S3. The second-order valence-corrected chi connectivity index (χ2v) is 11.3. The van der Waals surface area contributed by atoms with E-state index in [9.17, 15) is 13.2 Å². The Kier molecular flexibility index (Phi) is 6.96. The van der Waals surface area contributed by atoms with E-state index in [-0.39, 0.29) is 16.6 Å². The molecule has 1 aromatic carbocycles. The van der Waals surface area contributed by atoms with E-state index in [1.54, 1.807) is 18.2 Å². The standard InChI is InChI=1S/C18H24N6O4S3/c19-17-21-22-18(30-17)29-12-16(25)20-14-11-13(3-4-15(14)23-5-1-2-6-23)31(26,27)24-7-9-28-10-8-24/h3-4,11H,1-2,5-10,12H2,(H2,19,21)(H,20,25). The molecule has 0 radical (unpaired) electrons. The molecule has 1 aromatic heterocycles. The first kappa shape index (κ1) is 22.3. The number of nitrogens with zero attached hydrogens (tertiary/aromatic N) is 4. The van der Waals surface area contributed by atoms with Crippen LogP contribution in [-0.2, 0) is 19.6 Å². The third kappa shape index (κ3) is 5.29. The lowest BCUT2D eigenvalue weighted by atomic mass is 10.2. The average molecular weight is 485 g/mol. The Bertz CT molecular complexity index is 1030. The summed E-state index contributed by atoms with van der Waals surface area (Å²) in [4.78, 5) is 15.0. The first-order valence-corrected chi connectivity index (χ1v) is 13.2. The fourth-order valence-corrected chi connectivity index (χ4v) is 6.41. The van der Waals surface area contributed by atoms with Gasteiger partial charge < -0.3 is 20.7 Å². The highest BCUT2D eigenvalue weighted by atomic mass is 32.2. The van der Waals surface area contributed by atoms with E-state index in [2.05, 4.69) is 20.4 Å². The summed E-state index contributed by atoms with van der Waals surface area (Å²) in [6, 6.07) is 4.96. The highest BCUT2D eigenvalue weighted by Crippen LogP contribution is 2.33. The summed E-state index contributed by atoms with van der Waals surface area (Å²) in [5.74, 6) is -0.130. The lowest BCUT2D eigenvalue weighted by Gasteiger charge is -2.27. The molecule has 10 nitrogen and oxygen atoms in total. The quantitative estimate of drug-likeness (QED) is 0.561. The van der Waals surface area contributed by atoms with Crippen LogP contribution in [0.15, 0.2) is 27.4 Å². The lowest BCUT2D eigenvalue weighted by molar-refractivity contribution is -0.113. The Balaban J connectivity index is 1.55. The second kappa shape index (κ2) is 9.69. The van der Waals surface area contributed by atoms with Crippen molar-refractivity contribution in [2.24, 2.45) is 0 Å². The maximum absolute atomic E-state index is 13.1. The number of morpholine rings is 1. The Morgan fingerprint density at radius 1 is 1.19 bits per heavy atom. The molecule has 0 bridgehead atoms. The zero-order valence-electron chi connectivity index (χ0n) is 16.8. The second-order valence-electron chi connectivity index (χ2n) is 7.13. The van der Waals surface area contributed by atoms with Crippen molar-refractivity contribution in [1.29, 1.82) is 0 Å². The van der Waals surface area contributed by atoms with Crippen molar-refractivity contribution in [3.8, 4) is 0 Å². The highest BCUT2D eigenvalue weighted by Gasteiger charge is 2.28. The number of hydrogen-bond acceptors (Lipinski definition) is 10. The summed E-state index contributed by atoms with van der Waals surface area (Å²) in [5.41, 5.74) is 6.90. The first-order valence-electron chi connectivity index (χ1n) is 9.92. The molecule has 0 aliphatic carbocycles. The molecule has 2 aliphatic heterocycles. The summed E-state index contributed by atoms with van der Waals surface area (Å²) < 4.78 is 33.5. The maximum atomic E-state index is 13.1. The number of anilines is 3. The van der Waals surface area contributed by atoms with E-state index >= 15 is 0 Å². The molecule has 2 saturated heterocycles. The van der Waals surface area contributed by atoms with Gasteiger partial charge in [-0.3, -0.25) is 4.79 Å². The third-order valence-electron chi connectivity index (χ3n) is 5.05. The molecule has 3 heterocycles. The SMILES string of the molecule is Nc1nnc(SCC(=O)Nc2cc(S(=O)(=O)N3CCOCC3)ccc2N2CCCC2)s1. The molecule has 31 heavy (non-hydrogen) atoms. The number of nitrogens with one attached hydrogen (secondary N) is 1. The van der Waals surface area contributed by atoms with Gasteiger partial charge in [0.2, 0.25) is 21.1 Å². The normalized spacial score (nSPS) is 17.7. The van der Waals surface area contributed by atoms with Crippen molar-refractivity contribution in [2.45, 2.75) is 22.1 Å². The van der Waals surface area contributed by atoms with Crippen LogP contribution in [0.3, 0.4) is 0 Å². The summed E-state index contributed by atoms with van der Waals surface area (Å²) in [7, 11) is -3.67. The van der Waals surface area contributed by atoms with Gasteiger partial charge in [-0.15, -0.1) is 10.2 Å². The summed E-state index contributed by atoms with van der Waals surface area (Å²) in [6.07, 6.45) is 2.13. The number of amides is 1. The first-order chi connectivity index (χ1) is 14.9. The molecule has 4 rings (SSSR count). The van der Waals surface area contributed by atoms with Crippen LogP contribution in [0.25, 0.3) is 0 Å². The number of nitrogen functional groups attached to an aromatic ring is 1. The van der Waals surface area contributed by atoms with E-state index in [1.165, 1.54) is 27.4 Å². The van der Waals surface area contributed by atoms with E-state index < -0.39 is 10.0 Å². The van der Waals surface area contributed by atoms with Crippen molar-refractivity contribution in [2.75, 3.05) is 61.1 Å². The predicted octanol–water partition coefficient (Wildman–Crippen LogP) is 1.47. The number of thioether (sulfide) groups is 1. The Morgan fingerprint density at radius 2 is 1.94 bits per heavy atom. The van der Waals surface area contributed by atoms with Crippen molar-refractivity contribution in [3.05, 3.63) is 18.2 Å². The summed E-state index contributed by atoms with van der Waals surface area (Å²) in [5, 5.41) is 10.9. The minimum atomic E-state index is -3.67. The monoisotopic (exact) mass is 484 g/mol. The van der Waals surface area contributed by atoms with Crippen LogP contribution < -0.4 is 16.0 Å². The fourth-order valence-electron chi connectivity index (χ4n) is 3.54. The van der Waals surface area contributed by atoms with Crippen LogP contribution in [0.1, 0.15) is 12.8 Å². The molecule has 0 spiro atoms. The van der Waals surface area contributed by atoms with Crippen LogP contribution in [0, 0.1) is 0 Å². The summed E-state index contributed by atoms with van der Waals surface area (Å²) in [6.45, 7) is 3.14. The molecule has 168 valence electrons. The molecule has 2 aliphatic rings. The Labute approximate surface area is 189 Å². The van der Waals surface area contributed by atoms with Crippen molar-refractivity contribution < 1.29 is 17.9 Å². The molecule has 1 amide bonds. The van der Waals surface area contributed by atoms with Crippen LogP contribution in [0.5, 0.6) is 0 Å². The van der Waals surface area contributed by atoms with Gasteiger partial charge in [-0.25, -0.2) is 8.42 Å². The molecule has 2 fully saturated rings. The van der Waals surface area contributed by atoms with Gasteiger partial charge in [0.05, 0.1) is 35.2 Å². The largest absolute Gasteiger partial charge is 0.379 e. The van der Waals surface area contributed by atoms with E-state index in [4.69, 9.17) is 10.5 Å². The number of carbonyl (C=O) groups excluding carboxylic acids is 1. The van der Waals surface area contributed by atoms with Gasteiger partial charge in [0.1, 0.15) is 0 Å². The number of aromatic nitrogens is 2. The average Bonchev–Trinajstić information content (AvgIpc) is 3.45. The molecule has 0 atom stereocenters. The minimum Gasteiger partial charge on any atom is -0.379 e. The van der Waals surface area contributed by atoms with Crippen LogP contribution >= 0.6 is 23.1 Å². The highest BCUT2D eigenvalue weighted by molar-refractivity contribution is 8.01. The third-order valence-corrected chi connectivity index (χ3v) is 8.83. The molecule has 2 aromatic rings. The summed E-state index contributed by atoms with van der Waals surface area (Å²) >= 11 is 2.45. The topological polar surface area (TPSA) is 131 Å². The lowest BCUT2D eigenvalue weighted by Crippen LogP contribution is -2.40. The van der Waals surface area contributed by atoms with Gasteiger partial charge in [0.15, 0.2) is 4.34 Å². The number of carbonyl (C=O) groups is 1. The number of hydrogen-bond donors (Lipinski definition) is 2. The number of benzene rings is 1. The van der Waals surface area contributed by atoms with Gasteiger partial charge in [0, 0.05) is 26.2 Å². The number of rotatable bonds is 7. The molecule has 13 heteroatoms. The molecule has 0 unspecified atom stereocenters. The van der Waals surface area contributed by atoms with Crippen LogP contribution in [0.2, 0.25) is 0 Å². The zero-order chi connectivity index (χ0) is 21.8. The number of sulfonamides is 1. The molecule has 0 saturated carbocycles. The molecule has 3 N–H and O–H groups in total. The van der Waals surface area contributed by atoms with Gasteiger partial charge in [-0.1, -0.05) is 23.1 Å². The van der Waals surface area contributed by atoms with Gasteiger partial charge >= 0.3 is 0 Å². The van der Waals surface area contributed by atoms with Crippen molar-refractivity contribution in [3.63, 3.8) is 0 Å². The van der Waals surface area contributed by atoms with Gasteiger partial charge in [0.25, 0.3) is 0 Å². The number of ether oxygens (including phenoxy) is 1. The Hall–Kier alpha value is -1.93. The van der Waals surface area contributed by atoms with E-state index in [1.807, 2.05) is 0 Å². The smallest absolute Gasteiger partial charge is 0.243 e. The van der Waals surface area contributed by atoms with Crippen LogP contribution in [0.4, 0.5) is 16.5 Å². The maximum Gasteiger partial charge on any atom is 0.243 e. The van der Waals surface area contributed by atoms with Crippen molar-refractivity contribution >= 4 is 55.5 Å². The Morgan fingerprint density at radius 3 is 2.61 bits per heavy atom. The predicted molar refractivity (Wildman–Crippen MR) is 121 cm³/mol.